The predicted octanol–water partition coefficient (Wildman–Crippen LogP) is 1.87. The van der Waals surface area contributed by atoms with Gasteiger partial charge in [0, 0.05) is 12.6 Å². The molecule has 19 heavy (non-hydrogen) atoms. The number of benzene rings is 1. The lowest BCUT2D eigenvalue weighted by Crippen LogP contribution is -2.05. The molecule has 0 spiro atoms. The molecule has 0 bridgehead atoms. The molecule has 0 fully saturated rings. The molecule has 5 heteroatoms. The topological polar surface area (TPSA) is 66.0 Å². The van der Waals surface area contributed by atoms with Crippen LogP contribution in [0.5, 0.6) is 5.75 Å². The Morgan fingerprint density at radius 2 is 1.95 bits per heavy atom. The molecule has 0 amide bonds. The van der Waals surface area contributed by atoms with Crippen LogP contribution in [0.15, 0.2) is 6.07 Å². The lowest BCUT2D eigenvalue weighted by molar-refractivity contribution is 0.408. The van der Waals surface area contributed by atoms with E-state index in [2.05, 4.69) is 30.0 Å². The molecule has 1 aromatic carbocycles. The molecular weight excluding hydrogens is 240 g/mol. The third kappa shape index (κ3) is 2.21. The number of methoxy groups -OCH3 is 1. The first-order chi connectivity index (χ1) is 8.99. The van der Waals surface area contributed by atoms with Crippen molar-refractivity contribution < 1.29 is 4.74 Å². The van der Waals surface area contributed by atoms with Crippen molar-refractivity contribution in [1.82, 2.24) is 14.8 Å². The summed E-state index contributed by atoms with van der Waals surface area (Å²) in [6.07, 6.45) is 0. The van der Waals surface area contributed by atoms with Crippen LogP contribution in [0.3, 0.4) is 0 Å². The molecule has 2 aromatic rings. The Hall–Kier alpha value is -1.88. The maximum absolute atomic E-state index is 5.64. The minimum atomic E-state index is 0.386. The SMILES string of the molecule is COc1c(C)cc(-c2nc(CN)n(C)n2)c(C)c1C. The van der Waals surface area contributed by atoms with Gasteiger partial charge in [-0.3, -0.25) is 4.68 Å². The minimum Gasteiger partial charge on any atom is -0.496 e. The average molecular weight is 260 g/mol. The van der Waals surface area contributed by atoms with Gasteiger partial charge >= 0.3 is 0 Å². The van der Waals surface area contributed by atoms with Crippen LogP contribution in [-0.4, -0.2) is 21.9 Å². The number of nitrogens with two attached hydrogens (primary N) is 1. The van der Waals surface area contributed by atoms with Crippen molar-refractivity contribution in [3.63, 3.8) is 0 Å². The van der Waals surface area contributed by atoms with Gasteiger partial charge < -0.3 is 10.5 Å². The summed E-state index contributed by atoms with van der Waals surface area (Å²) in [7, 11) is 3.55. The molecule has 0 atom stereocenters. The van der Waals surface area contributed by atoms with Crippen LogP contribution < -0.4 is 10.5 Å². The number of ether oxygens (including phenoxy) is 1. The second kappa shape index (κ2) is 5.01. The number of aryl methyl sites for hydroxylation is 2. The van der Waals surface area contributed by atoms with E-state index in [0.29, 0.717) is 12.4 Å². The third-order valence-electron chi connectivity index (χ3n) is 3.51. The van der Waals surface area contributed by atoms with Gasteiger partial charge in [0.05, 0.1) is 13.7 Å². The number of hydrogen-bond donors (Lipinski definition) is 1. The first kappa shape index (κ1) is 13.5. The first-order valence-electron chi connectivity index (χ1n) is 6.24. The van der Waals surface area contributed by atoms with E-state index in [-0.39, 0.29) is 0 Å². The van der Waals surface area contributed by atoms with Gasteiger partial charge in [-0.25, -0.2) is 4.98 Å². The monoisotopic (exact) mass is 260 g/mol. The molecule has 0 saturated heterocycles. The quantitative estimate of drug-likeness (QED) is 0.915. The molecule has 1 aromatic heterocycles. The van der Waals surface area contributed by atoms with Crippen molar-refractivity contribution in [2.24, 2.45) is 12.8 Å². The Balaban J connectivity index is 2.62. The van der Waals surface area contributed by atoms with Crippen LogP contribution in [0.1, 0.15) is 22.5 Å². The van der Waals surface area contributed by atoms with Gasteiger partial charge in [0.15, 0.2) is 5.82 Å². The van der Waals surface area contributed by atoms with Crippen LogP contribution in [0.4, 0.5) is 0 Å². The van der Waals surface area contributed by atoms with E-state index in [0.717, 1.165) is 33.8 Å². The Kier molecular flexibility index (Phi) is 3.57. The highest BCUT2D eigenvalue weighted by molar-refractivity contribution is 5.66. The Bertz CT molecular complexity index is 616. The first-order valence-corrected chi connectivity index (χ1v) is 6.24. The number of rotatable bonds is 3. The Labute approximate surface area is 113 Å². The Morgan fingerprint density at radius 1 is 1.26 bits per heavy atom. The van der Waals surface area contributed by atoms with Crippen LogP contribution in [0.25, 0.3) is 11.4 Å². The highest BCUT2D eigenvalue weighted by atomic mass is 16.5. The predicted molar refractivity (Wildman–Crippen MR) is 75.1 cm³/mol. The van der Waals surface area contributed by atoms with Crippen LogP contribution in [-0.2, 0) is 13.6 Å². The molecule has 5 nitrogen and oxygen atoms in total. The summed E-state index contributed by atoms with van der Waals surface area (Å²) in [6, 6.07) is 2.07. The van der Waals surface area contributed by atoms with Crippen molar-refractivity contribution in [2.75, 3.05) is 7.11 Å². The lowest BCUT2D eigenvalue weighted by Gasteiger charge is -2.13. The van der Waals surface area contributed by atoms with Crippen molar-refractivity contribution in [2.45, 2.75) is 27.3 Å². The average Bonchev–Trinajstić information content (AvgIpc) is 2.75. The maximum atomic E-state index is 5.64. The van der Waals surface area contributed by atoms with E-state index in [9.17, 15) is 0 Å². The summed E-state index contributed by atoms with van der Waals surface area (Å²) in [4.78, 5) is 4.48. The van der Waals surface area contributed by atoms with E-state index in [1.807, 2.05) is 14.0 Å². The molecule has 2 N–H and O–H groups in total. The fourth-order valence-corrected chi connectivity index (χ4v) is 2.31. The van der Waals surface area contributed by atoms with Crippen molar-refractivity contribution >= 4 is 0 Å². The molecular formula is C14H20N4O. The second-order valence-electron chi connectivity index (χ2n) is 4.70. The van der Waals surface area contributed by atoms with Crippen LogP contribution in [0.2, 0.25) is 0 Å². The second-order valence-corrected chi connectivity index (χ2v) is 4.70. The van der Waals surface area contributed by atoms with Gasteiger partial charge in [0.2, 0.25) is 0 Å². The van der Waals surface area contributed by atoms with Crippen LogP contribution in [0, 0.1) is 20.8 Å². The van der Waals surface area contributed by atoms with Gasteiger partial charge in [-0.1, -0.05) is 0 Å². The lowest BCUT2D eigenvalue weighted by atomic mass is 9.98. The smallest absolute Gasteiger partial charge is 0.181 e. The van der Waals surface area contributed by atoms with E-state index < -0.39 is 0 Å². The summed E-state index contributed by atoms with van der Waals surface area (Å²) in [6.45, 7) is 6.53. The molecule has 2 rings (SSSR count). The van der Waals surface area contributed by atoms with Gasteiger partial charge in [-0.15, -0.1) is 0 Å². The highest BCUT2D eigenvalue weighted by Gasteiger charge is 2.16. The van der Waals surface area contributed by atoms with E-state index in [1.54, 1.807) is 11.8 Å². The third-order valence-corrected chi connectivity index (χ3v) is 3.51. The molecule has 0 saturated carbocycles. The van der Waals surface area contributed by atoms with Gasteiger partial charge in [0.1, 0.15) is 11.6 Å². The van der Waals surface area contributed by atoms with Crippen molar-refractivity contribution in [3.05, 3.63) is 28.6 Å². The van der Waals surface area contributed by atoms with Gasteiger partial charge in [0.25, 0.3) is 0 Å². The fourth-order valence-electron chi connectivity index (χ4n) is 2.31. The minimum absolute atomic E-state index is 0.386. The van der Waals surface area contributed by atoms with E-state index in [4.69, 9.17) is 10.5 Å². The zero-order chi connectivity index (χ0) is 14.2. The zero-order valence-corrected chi connectivity index (χ0v) is 12.1. The zero-order valence-electron chi connectivity index (χ0n) is 12.1. The highest BCUT2D eigenvalue weighted by Crippen LogP contribution is 2.32. The number of nitrogens with zero attached hydrogens (tertiary/aromatic N) is 3. The van der Waals surface area contributed by atoms with Gasteiger partial charge in [-0.05, 0) is 43.5 Å². The molecule has 0 unspecified atom stereocenters. The Morgan fingerprint density at radius 3 is 2.47 bits per heavy atom. The standard InChI is InChI=1S/C14H20N4O/c1-8-6-11(9(2)10(3)13(8)19-5)14-16-12(7-15)18(4)17-14/h6H,7,15H2,1-5H3. The molecule has 0 aliphatic rings. The normalized spacial score (nSPS) is 10.8. The largest absolute Gasteiger partial charge is 0.496 e. The summed E-state index contributed by atoms with van der Waals surface area (Å²) in [5.74, 6) is 2.42. The summed E-state index contributed by atoms with van der Waals surface area (Å²) < 4.78 is 7.16. The maximum Gasteiger partial charge on any atom is 0.181 e. The molecule has 0 aliphatic heterocycles. The summed E-state index contributed by atoms with van der Waals surface area (Å²) >= 11 is 0. The number of aromatic nitrogens is 3. The van der Waals surface area contributed by atoms with E-state index >= 15 is 0 Å². The van der Waals surface area contributed by atoms with Crippen LogP contribution >= 0.6 is 0 Å². The molecule has 0 aliphatic carbocycles. The molecule has 102 valence electrons. The summed E-state index contributed by atoms with van der Waals surface area (Å²) in [5.41, 5.74) is 10.0. The van der Waals surface area contributed by atoms with Gasteiger partial charge in [-0.2, -0.15) is 5.10 Å². The van der Waals surface area contributed by atoms with E-state index in [1.165, 1.54) is 0 Å². The molecule has 0 radical (unpaired) electrons. The summed E-state index contributed by atoms with van der Waals surface area (Å²) in [5, 5.41) is 4.44. The molecule has 1 heterocycles. The van der Waals surface area contributed by atoms with Crippen molar-refractivity contribution in [1.29, 1.82) is 0 Å². The fraction of sp³-hybridized carbons (Fsp3) is 0.429. The van der Waals surface area contributed by atoms with Crippen molar-refractivity contribution in [3.8, 4) is 17.1 Å². The number of hydrogen-bond acceptors (Lipinski definition) is 4.